The van der Waals surface area contributed by atoms with E-state index in [9.17, 15) is 4.79 Å². The molecule has 0 saturated heterocycles. The first-order valence-electron chi connectivity index (χ1n) is 5.49. The first-order valence-corrected chi connectivity index (χ1v) is 6.74. The van der Waals surface area contributed by atoms with Crippen molar-refractivity contribution in [1.29, 1.82) is 0 Å². The van der Waals surface area contributed by atoms with Crippen LogP contribution in [0.5, 0.6) is 0 Å². The topological polar surface area (TPSA) is 33.2 Å². The highest BCUT2D eigenvalue weighted by Gasteiger charge is 2.15. The lowest BCUT2D eigenvalue weighted by molar-refractivity contribution is 0.0784. The second kappa shape index (κ2) is 5.50. The van der Waals surface area contributed by atoms with Gasteiger partial charge in [-0.2, -0.15) is 0 Å². The Morgan fingerprint density at radius 3 is 2.78 bits per heavy atom. The Morgan fingerprint density at radius 1 is 1.44 bits per heavy atom. The Hall–Kier alpha value is -1.39. The average Bonchev–Trinajstić information content (AvgIpc) is 2.74. The van der Waals surface area contributed by atoms with E-state index in [1.165, 1.54) is 0 Å². The van der Waals surface area contributed by atoms with E-state index in [2.05, 4.69) is 4.98 Å². The van der Waals surface area contributed by atoms with Crippen LogP contribution in [0, 0.1) is 6.92 Å². The van der Waals surface area contributed by atoms with E-state index in [1.54, 1.807) is 41.5 Å². The maximum absolute atomic E-state index is 12.2. The molecular formula is C13H13ClN2OS. The van der Waals surface area contributed by atoms with Crippen molar-refractivity contribution < 1.29 is 4.79 Å². The van der Waals surface area contributed by atoms with Gasteiger partial charge in [0.05, 0.1) is 27.8 Å². The van der Waals surface area contributed by atoms with Crippen molar-refractivity contribution in [2.24, 2.45) is 0 Å². The number of aryl methyl sites for hydroxylation is 1. The van der Waals surface area contributed by atoms with Crippen LogP contribution in [0.25, 0.3) is 0 Å². The summed E-state index contributed by atoms with van der Waals surface area (Å²) < 4.78 is 0. The van der Waals surface area contributed by atoms with Gasteiger partial charge in [-0.05, 0) is 19.1 Å². The van der Waals surface area contributed by atoms with Crippen LogP contribution in [-0.4, -0.2) is 22.8 Å². The van der Waals surface area contributed by atoms with E-state index in [1.807, 2.05) is 18.4 Å². The quantitative estimate of drug-likeness (QED) is 0.863. The zero-order valence-electron chi connectivity index (χ0n) is 10.2. The molecule has 3 nitrogen and oxygen atoms in total. The van der Waals surface area contributed by atoms with Gasteiger partial charge in [0.2, 0.25) is 0 Å². The van der Waals surface area contributed by atoms with Gasteiger partial charge in [0.15, 0.2) is 0 Å². The lowest BCUT2D eigenvalue weighted by Crippen LogP contribution is -2.26. The molecule has 2 aromatic rings. The van der Waals surface area contributed by atoms with Crippen LogP contribution in [0.3, 0.4) is 0 Å². The van der Waals surface area contributed by atoms with Crippen LogP contribution < -0.4 is 0 Å². The minimum absolute atomic E-state index is 0.0914. The summed E-state index contributed by atoms with van der Waals surface area (Å²) in [5, 5.41) is 3.44. The Bertz CT molecular complexity index is 568. The van der Waals surface area contributed by atoms with Gasteiger partial charge in [-0.3, -0.25) is 4.79 Å². The van der Waals surface area contributed by atoms with Crippen LogP contribution in [0.2, 0.25) is 5.02 Å². The number of carbonyl (C=O) groups is 1. The molecular weight excluding hydrogens is 268 g/mol. The molecule has 1 heterocycles. The van der Waals surface area contributed by atoms with Crippen molar-refractivity contribution in [3.63, 3.8) is 0 Å². The maximum atomic E-state index is 12.2. The molecule has 5 heteroatoms. The van der Waals surface area contributed by atoms with Crippen molar-refractivity contribution in [2.75, 3.05) is 7.05 Å². The minimum Gasteiger partial charge on any atom is -0.336 e. The van der Waals surface area contributed by atoms with Crippen LogP contribution in [0.15, 0.2) is 29.6 Å². The molecule has 0 fully saturated rings. The van der Waals surface area contributed by atoms with Gasteiger partial charge >= 0.3 is 0 Å². The molecule has 0 aliphatic rings. The largest absolute Gasteiger partial charge is 0.336 e. The van der Waals surface area contributed by atoms with Crippen molar-refractivity contribution in [1.82, 2.24) is 9.88 Å². The summed E-state index contributed by atoms with van der Waals surface area (Å²) in [5.41, 5.74) is 1.43. The molecule has 1 aromatic carbocycles. The predicted molar refractivity (Wildman–Crippen MR) is 74.1 cm³/mol. The van der Waals surface area contributed by atoms with E-state index >= 15 is 0 Å². The fourth-order valence-electron chi connectivity index (χ4n) is 1.64. The van der Waals surface area contributed by atoms with Crippen molar-refractivity contribution in [2.45, 2.75) is 13.5 Å². The van der Waals surface area contributed by atoms with Crippen molar-refractivity contribution >= 4 is 28.8 Å². The van der Waals surface area contributed by atoms with Crippen molar-refractivity contribution in [3.8, 4) is 0 Å². The average molecular weight is 281 g/mol. The number of hydrogen-bond donors (Lipinski definition) is 0. The SMILES string of the molecule is Cc1nc(CN(C)C(=O)c2ccccc2Cl)cs1. The van der Waals surface area contributed by atoms with Crippen LogP contribution in [0.4, 0.5) is 0 Å². The van der Waals surface area contributed by atoms with E-state index in [0.717, 1.165) is 10.7 Å². The van der Waals surface area contributed by atoms with E-state index in [4.69, 9.17) is 11.6 Å². The number of carbonyl (C=O) groups excluding carboxylic acids is 1. The van der Waals surface area contributed by atoms with Gasteiger partial charge in [0, 0.05) is 12.4 Å². The highest BCUT2D eigenvalue weighted by Crippen LogP contribution is 2.18. The first-order chi connectivity index (χ1) is 8.58. The summed E-state index contributed by atoms with van der Waals surface area (Å²) in [6.07, 6.45) is 0. The Kier molecular flexibility index (Phi) is 3.99. The molecule has 0 bridgehead atoms. The van der Waals surface area contributed by atoms with Gasteiger partial charge in [-0.25, -0.2) is 4.98 Å². The summed E-state index contributed by atoms with van der Waals surface area (Å²) in [6, 6.07) is 7.06. The number of benzene rings is 1. The van der Waals surface area contributed by atoms with Gasteiger partial charge < -0.3 is 4.90 Å². The van der Waals surface area contributed by atoms with E-state index in [-0.39, 0.29) is 5.91 Å². The molecule has 1 aromatic heterocycles. The number of rotatable bonds is 3. The van der Waals surface area contributed by atoms with Crippen LogP contribution >= 0.6 is 22.9 Å². The number of hydrogen-bond acceptors (Lipinski definition) is 3. The van der Waals surface area contributed by atoms with Crippen LogP contribution in [-0.2, 0) is 6.54 Å². The van der Waals surface area contributed by atoms with Gasteiger partial charge in [0.25, 0.3) is 5.91 Å². The molecule has 2 rings (SSSR count). The molecule has 0 spiro atoms. The molecule has 0 saturated carbocycles. The number of amides is 1. The molecule has 0 aliphatic carbocycles. The molecule has 0 radical (unpaired) electrons. The number of halogens is 1. The molecule has 1 amide bonds. The van der Waals surface area contributed by atoms with Crippen molar-refractivity contribution in [3.05, 3.63) is 50.9 Å². The fraction of sp³-hybridized carbons (Fsp3) is 0.231. The summed E-state index contributed by atoms with van der Waals surface area (Å²) in [4.78, 5) is 18.2. The molecule has 18 heavy (non-hydrogen) atoms. The summed E-state index contributed by atoms with van der Waals surface area (Å²) in [6.45, 7) is 2.44. The van der Waals surface area contributed by atoms with Gasteiger partial charge in [-0.1, -0.05) is 23.7 Å². The Morgan fingerprint density at radius 2 is 2.17 bits per heavy atom. The number of thiazole rings is 1. The Labute approximate surface area is 115 Å². The number of aromatic nitrogens is 1. The molecule has 0 aliphatic heterocycles. The zero-order chi connectivity index (χ0) is 13.1. The summed E-state index contributed by atoms with van der Waals surface area (Å²) >= 11 is 7.59. The first kappa shape index (κ1) is 13.1. The molecule has 94 valence electrons. The zero-order valence-corrected chi connectivity index (χ0v) is 11.8. The second-order valence-electron chi connectivity index (χ2n) is 4.00. The fourth-order valence-corrected chi connectivity index (χ4v) is 2.46. The third kappa shape index (κ3) is 2.89. The maximum Gasteiger partial charge on any atom is 0.255 e. The summed E-state index contributed by atoms with van der Waals surface area (Å²) in [7, 11) is 1.75. The third-order valence-corrected chi connectivity index (χ3v) is 3.67. The Balaban J connectivity index is 2.12. The van der Waals surface area contributed by atoms with Crippen LogP contribution in [0.1, 0.15) is 21.1 Å². The van der Waals surface area contributed by atoms with E-state index < -0.39 is 0 Å². The highest BCUT2D eigenvalue weighted by molar-refractivity contribution is 7.09. The minimum atomic E-state index is -0.0914. The molecule has 0 unspecified atom stereocenters. The lowest BCUT2D eigenvalue weighted by Gasteiger charge is -2.16. The standard InChI is InChI=1S/C13H13ClN2OS/c1-9-15-10(8-18-9)7-16(2)13(17)11-5-3-4-6-12(11)14/h3-6,8H,7H2,1-2H3. The van der Waals surface area contributed by atoms with Gasteiger partial charge in [0.1, 0.15) is 0 Å². The molecule has 0 atom stereocenters. The number of nitrogens with zero attached hydrogens (tertiary/aromatic N) is 2. The molecule has 0 N–H and O–H groups in total. The normalized spacial score (nSPS) is 10.4. The predicted octanol–water partition coefficient (Wildman–Crippen LogP) is 3.38. The van der Waals surface area contributed by atoms with Gasteiger partial charge in [-0.15, -0.1) is 11.3 Å². The second-order valence-corrected chi connectivity index (χ2v) is 5.47. The third-order valence-electron chi connectivity index (χ3n) is 2.52. The lowest BCUT2D eigenvalue weighted by atomic mass is 10.2. The van der Waals surface area contributed by atoms with E-state index in [0.29, 0.717) is 17.1 Å². The smallest absolute Gasteiger partial charge is 0.255 e. The highest BCUT2D eigenvalue weighted by atomic mass is 35.5. The monoisotopic (exact) mass is 280 g/mol. The summed E-state index contributed by atoms with van der Waals surface area (Å²) in [5.74, 6) is -0.0914.